The molecular formula is C28H40N6O2. The molecule has 1 N–H and O–H groups in total. The van der Waals surface area contributed by atoms with Crippen LogP contribution in [-0.2, 0) is 17.8 Å². The molecule has 1 saturated heterocycles. The zero-order chi connectivity index (χ0) is 25.1. The van der Waals surface area contributed by atoms with Crippen LogP contribution in [0.2, 0.25) is 0 Å². The minimum atomic E-state index is 0.00413. The van der Waals surface area contributed by atoms with E-state index in [9.17, 15) is 4.79 Å². The molecule has 5 rings (SSSR count). The number of fused-ring (bicyclic) bond motifs is 1. The van der Waals surface area contributed by atoms with E-state index >= 15 is 0 Å². The summed E-state index contributed by atoms with van der Waals surface area (Å²) in [5.74, 6) is 0.904. The number of ether oxygens (including phenoxy) is 1. The van der Waals surface area contributed by atoms with Crippen molar-refractivity contribution in [1.82, 2.24) is 30.1 Å². The molecule has 0 unspecified atom stereocenters. The molecule has 2 aromatic heterocycles. The standard InChI is InChI=1S/C28H40N6O2/c1-4-9-25(27-30-31-32-34(27)18-24-12-8-13-36-24)33(23-10-6-5-7-11-23)17-22-16-21-15-19(2)14-20(3)26(21)29-28(22)35/h14-16,23-25H,4-13,17-18H2,1-3H3,(H,29,35)/t24-,25+/m0/s1. The molecule has 3 aromatic rings. The largest absolute Gasteiger partial charge is 0.376 e. The summed E-state index contributed by atoms with van der Waals surface area (Å²) >= 11 is 0. The third kappa shape index (κ3) is 5.39. The molecule has 8 heteroatoms. The quantitative estimate of drug-likeness (QED) is 0.453. The number of H-pyrrole nitrogens is 1. The fraction of sp³-hybridized carbons (Fsp3) is 0.643. The summed E-state index contributed by atoms with van der Waals surface area (Å²) in [5.41, 5.74) is 4.07. The first-order valence-corrected chi connectivity index (χ1v) is 13.8. The molecule has 3 heterocycles. The zero-order valence-electron chi connectivity index (χ0n) is 22.0. The highest BCUT2D eigenvalue weighted by Gasteiger charge is 2.33. The van der Waals surface area contributed by atoms with Gasteiger partial charge in [-0.1, -0.05) is 44.2 Å². The average molecular weight is 493 g/mol. The summed E-state index contributed by atoms with van der Waals surface area (Å²) < 4.78 is 7.86. The van der Waals surface area contributed by atoms with Gasteiger partial charge < -0.3 is 9.72 Å². The van der Waals surface area contributed by atoms with Gasteiger partial charge in [0, 0.05) is 24.8 Å². The Bertz CT molecular complexity index is 1220. The third-order valence-electron chi connectivity index (χ3n) is 7.99. The Morgan fingerprint density at radius 2 is 1.97 bits per heavy atom. The molecule has 194 valence electrons. The minimum Gasteiger partial charge on any atom is -0.376 e. The predicted molar refractivity (Wildman–Crippen MR) is 141 cm³/mol. The Morgan fingerprint density at radius 3 is 2.72 bits per heavy atom. The van der Waals surface area contributed by atoms with Crippen molar-refractivity contribution in [1.29, 1.82) is 0 Å². The number of nitrogens with zero attached hydrogens (tertiary/aromatic N) is 5. The normalized spacial score (nSPS) is 19.9. The lowest BCUT2D eigenvalue weighted by atomic mass is 9.91. The number of aromatic nitrogens is 5. The van der Waals surface area contributed by atoms with Gasteiger partial charge in [0.1, 0.15) is 0 Å². The molecule has 0 radical (unpaired) electrons. The van der Waals surface area contributed by atoms with Gasteiger partial charge in [-0.15, -0.1) is 5.10 Å². The Balaban J connectivity index is 1.52. The van der Waals surface area contributed by atoms with Gasteiger partial charge in [0.15, 0.2) is 5.82 Å². The van der Waals surface area contributed by atoms with Crippen molar-refractivity contribution in [2.75, 3.05) is 6.61 Å². The molecule has 1 saturated carbocycles. The number of hydrogen-bond acceptors (Lipinski definition) is 6. The Hall–Kier alpha value is -2.58. The summed E-state index contributed by atoms with van der Waals surface area (Å²) in [6.45, 7) is 8.49. The Morgan fingerprint density at radius 1 is 1.14 bits per heavy atom. The molecule has 8 nitrogen and oxygen atoms in total. The summed E-state index contributed by atoms with van der Waals surface area (Å²) in [7, 11) is 0. The molecule has 1 aliphatic heterocycles. The van der Waals surface area contributed by atoms with Gasteiger partial charge in [-0.2, -0.15) is 0 Å². The van der Waals surface area contributed by atoms with Gasteiger partial charge in [0.25, 0.3) is 5.56 Å². The zero-order valence-corrected chi connectivity index (χ0v) is 22.0. The third-order valence-corrected chi connectivity index (χ3v) is 7.99. The number of rotatable bonds is 9. The average Bonchev–Trinajstić information content (AvgIpc) is 3.55. The SMILES string of the molecule is CCC[C@H](c1nnnn1C[C@@H]1CCCO1)N(Cc1cc2cc(C)cc(C)c2[nH]c1=O)C1CCCCC1. The van der Waals surface area contributed by atoms with Gasteiger partial charge >= 0.3 is 0 Å². The van der Waals surface area contributed by atoms with Gasteiger partial charge in [-0.3, -0.25) is 9.69 Å². The fourth-order valence-corrected chi connectivity index (χ4v) is 6.23. The maximum absolute atomic E-state index is 13.3. The van der Waals surface area contributed by atoms with Gasteiger partial charge in [-0.05, 0) is 79.5 Å². The highest BCUT2D eigenvalue weighted by molar-refractivity contribution is 5.82. The smallest absolute Gasteiger partial charge is 0.252 e. The van der Waals surface area contributed by atoms with Crippen LogP contribution >= 0.6 is 0 Å². The number of benzene rings is 1. The van der Waals surface area contributed by atoms with Crippen LogP contribution in [0, 0.1) is 13.8 Å². The van der Waals surface area contributed by atoms with Crippen LogP contribution in [0.3, 0.4) is 0 Å². The summed E-state index contributed by atoms with van der Waals surface area (Å²) in [6.07, 6.45) is 10.3. The lowest BCUT2D eigenvalue weighted by Crippen LogP contribution is -2.41. The Kier molecular flexibility index (Phi) is 7.82. The topological polar surface area (TPSA) is 88.9 Å². The summed E-state index contributed by atoms with van der Waals surface area (Å²) in [6, 6.07) is 6.86. The second-order valence-corrected chi connectivity index (χ2v) is 10.8. The summed E-state index contributed by atoms with van der Waals surface area (Å²) in [5, 5.41) is 14.1. The van der Waals surface area contributed by atoms with Gasteiger partial charge in [0.05, 0.1) is 24.2 Å². The highest BCUT2D eigenvalue weighted by Crippen LogP contribution is 2.34. The highest BCUT2D eigenvalue weighted by atomic mass is 16.5. The Labute approximate surface area is 213 Å². The monoisotopic (exact) mass is 492 g/mol. The molecule has 0 bridgehead atoms. The van der Waals surface area contributed by atoms with E-state index in [2.05, 4.69) is 64.4 Å². The van der Waals surface area contributed by atoms with Crippen LogP contribution in [0.15, 0.2) is 23.0 Å². The van der Waals surface area contributed by atoms with E-state index in [0.717, 1.165) is 73.0 Å². The van der Waals surface area contributed by atoms with Gasteiger partial charge in [-0.25, -0.2) is 4.68 Å². The van der Waals surface area contributed by atoms with Crippen molar-refractivity contribution >= 4 is 10.9 Å². The first-order valence-electron chi connectivity index (χ1n) is 13.8. The van der Waals surface area contributed by atoms with Crippen molar-refractivity contribution in [2.24, 2.45) is 0 Å². The van der Waals surface area contributed by atoms with Crippen molar-refractivity contribution in [3.05, 3.63) is 51.1 Å². The number of aryl methyl sites for hydroxylation is 2. The van der Waals surface area contributed by atoms with Crippen molar-refractivity contribution < 1.29 is 4.74 Å². The van der Waals surface area contributed by atoms with Gasteiger partial charge in [0.2, 0.25) is 0 Å². The summed E-state index contributed by atoms with van der Waals surface area (Å²) in [4.78, 5) is 19.0. The molecule has 0 amide bonds. The first-order chi connectivity index (χ1) is 17.5. The van der Waals surface area contributed by atoms with E-state index in [-0.39, 0.29) is 17.7 Å². The van der Waals surface area contributed by atoms with E-state index in [1.54, 1.807) is 0 Å². The second-order valence-electron chi connectivity index (χ2n) is 10.8. The molecule has 2 atom stereocenters. The molecule has 1 aromatic carbocycles. The van der Waals surface area contributed by atoms with Crippen molar-refractivity contribution in [3.63, 3.8) is 0 Å². The molecular weight excluding hydrogens is 452 g/mol. The second kappa shape index (κ2) is 11.2. The van der Waals surface area contributed by atoms with E-state index in [1.165, 1.54) is 24.8 Å². The molecule has 2 aliphatic rings. The van der Waals surface area contributed by atoms with Crippen LogP contribution in [0.4, 0.5) is 0 Å². The van der Waals surface area contributed by atoms with Crippen molar-refractivity contribution in [3.8, 4) is 0 Å². The van der Waals surface area contributed by atoms with E-state index in [1.807, 2.05) is 4.68 Å². The number of pyridine rings is 1. The molecule has 0 spiro atoms. The van der Waals surface area contributed by atoms with Crippen molar-refractivity contribution in [2.45, 2.75) is 110 Å². The predicted octanol–water partition coefficient (Wildman–Crippen LogP) is 4.99. The lowest BCUT2D eigenvalue weighted by molar-refractivity contribution is 0.0713. The fourth-order valence-electron chi connectivity index (χ4n) is 6.23. The number of hydrogen-bond donors (Lipinski definition) is 1. The molecule has 36 heavy (non-hydrogen) atoms. The van der Waals surface area contributed by atoms with Crippen LogP contribution < -0.4 is 5.56 Å². The number of aromatic amines is 1. The van der Waals surface area contributed by atoms with E-state index < -0.39 is 0 Å². The van der Waals surface area contributed by atoms with Crippen LogP contribution in [0.25, 0.3) is 10.9 Å². The maximum Gasteiger partial charge on any atom is 0.252 e. The van der Waals surface area contributed by atoms with Crippen LogP contribution in [0.5, 0.6) is 0 Å². The van der Waals surface area contributed by atoms with E-state index in [4.69, 9.17) is 4.74 Å². The molecule has 1 aliphatic carbocycles. The van der Waals surface area contributed by atoms with E-state index in [0.29, 0.717) is 19.1 Å². The first kappa shape index (κ1) is 25.1. The minimum absolute atomic E-state index is 0.00413. The maximum atomic E-state index is 13.3. The lowest BCUT2D eigenvalue weighted by Gasteiger charge is -2.39. The molecule has 2 fully saturated rings. The van der Waals surface area contributed by atoms with Crippen LogP contribution in [0.1, 0.15) is 93.3 Å². The number of nitrogens with one attached hydrogen (secondary N) is 1. The van der Waals surface area contributed by atoms with Crippen LogP contribution in [-0.4, -0.2) is 48.8 Å². The number of tetrazole rings is 1.